The van der Waals surface area contributed by atoms with Crippen molar-refractivity contribution in [1.29, 1.82) is 0 Å². The quantitative estimate of drug-likeness (QED) is 0.708. The normalized spacial score (nSPS) is 10.8. The number of hydrogen-bond acceptors (Lipinski definition) is 7. The van der Waals surface area contributed by atoms with E-state index in [2.05, 4.69) is 20.3 Å². The van der Waals surface area contributed by atoms with Crippen molar-refractivity contribution in [3.8, 4) is 0 Å². The van der Waals surface area contributed by atoms with Gasteiger partial charge in [0.25, 0.3) is 5.22 Å². The van der Waals surface area contributed by atoms with E-state index in [-0.39, 0.29) is 5.95 Å². The Morgan fingerprint density at radius 2 is 2.05 bits per heavy atom. The molecule has 2 heterocycles. The van der Waals surface area contributed by atoms with Crippen molar-refractivity contribution >= 4 is 34.6 Å². The highest BCUT2D eigenvalue weighted by molar-refractivity contribution is 7.99. The van der Waals surface area contributed by atoms with Crippen molar-refractivity contribution in [2.45, 2.75) is 10.2 Å². The van der Waals surface area contributed by atoms with Gasteiger partial charge in [-0.3, -0.25) is 0 Å². The molecule has 0 amide bonds. The van der Waals surface area contributed by atoms with E-state index in [0.29, 0.717) is 16.1 Å². The molecular formula is C12H11N5OS. The van der Waals surface area contributed by atoms with Crippen molar-refractivity contribution in [3.63, 3.8) is 0 Å². The van der Waals surface area contributed by atoms with E-state index >= 15 is 0 Å². The number of benzene rings is 1. The monoisotopic (exact) mass is 273 g/mol. The molecule has 0 saturated carbocycles. The predicted molar refractivity (Wildman–Crippen MR) is 74.1 cm³/mol. The number of nitrogen functional groups attached to an aromatic ring is 1. The minimum absolute atomic E-state index is 0.213. The van der Waals surface area contributed by atoms with Gasteiger partial charge < -0.3 is 15.5 Å². The van der Waals surface area contributed by atoms with E-state index in [1.165, 1.54) is 11.8 Å². The number of anilines is 2. The fourth-order valence-corrected chi connectivity index (χ4v) is 2.37. The zero-order valence-corrected chi connectivity index (χ0v) is 10.9. The molecule has 0 spiro atoms. The highest BCUT2D eigenvalue weighted by atomic mass is 32.2. The molecule has 0 unspecified atom stereocenters. The number of nitrogens with one attached hydrogen (secondary N) is 1. The summed E-state index contributed by atoms with van der Waals surface area (Å²) in [4.78, 5) is 12.5. The fourth-order valence-electron chi connectivity index (χ4n) is 1.61. The topological polar surface area (TPSA) is 89.9 Å². The van der Waals surface area contributed by atoms with Crippen molar-refractivity contribution in [3.05, 3.63) is 30.3 Å². The molecule has 3 aromatic rings. The van der Waals surface area contributed by atoms with Gasteiger partial charge in [0.05, 0.1) is 0 Å². The first-order chi connectivity index (χ1) is 9.24. The van der Waals surface area contributed by atoms with Gasteiger partial charge in [0.1, 0.15) is 16.4 Å². The maximum absolute atomic E-state index is 5.64. The van der Waals surface area contributed by atoms with Gasteiger partial charge in [-0.15, -0.1) is 0 Å². The van der Waals surface area contributed by atoms with E-state index in [4.69, 9.17) is 10.2 Å². The molecule has 0 aliphatic carbocycles. The summed E-state index contributed by atoms with van der Waals surface area (Å²) in [6, 6.07) is 9.39. The van der Waals surface area contributed by atoms with Crippen molar-refractivity contribution in [2.75, 3.05) is 18.1 Å². The smallest absolute Gasteiger partial charge is 0.263 e. The molecule has 0 atom stereocenters. The summed E-state index contributed by atoms with van der Waals surface area (Å²) >= 11 is 1.31. The van der Waals surface area contributed by atoms with Gasteiger partial charge in [-0.05, 0) is 23.9 Å². The molecule has 0 saturated heterocycles. The number of aromatic nitrogens is 3. The van der Waals surface area contributed by atoms with Gasteiger partial charge >= 0.3 is 0 Å². The summed E-state index contributed by atoms with van der Waals surface area (Å²) in [5.74, 6) is 0.872. The first kappa shape index (κ1) is 11.8. The fraction of sp³-hybridized carbons (Fsp3) is 0.0833. The number of hydrogen-bond donors (Lipinski definition) is 2. The molecule has 2 aromatic heterocycles. The highest BCUT2D eigenvalue weighted by Gasteiger charge is 2.09. The lowest BCUT2D eigenvalue weighted by atomic mass is 10.3. The second-order valence-corrected chi connectivity index (χ2v) is 4.72. The second-order valence-electron chi connectivity index (χ2n) is 3.75. The van der Waals surface area contributed by atoms with Crippen LogP contribution in [0, 0.1) is 0 Å². The zero-order chi connectivity index (χ0) is 13.2. The molecule has 19 heavy (non-hydrogen) atoms. The lowest BCUT2D eigenvalue weighted by molar-refractivity contribution is 0.489. The molecule has 0 aliphatic heterocycles. The van der Waals surface area contributed by atoms with Gasteiger partial charge in [0.15, 0.2) is 5.58 Å². The molecule has 0 fully saturated rings. The Hall–Kier alpha value is -2.28. The molecule has 96 valence electrons. The Labute approximate surface area is 113 Å². The average Bonchev–Trinajstić information content (AvgIpc) is 2.80. The Bertz CT molecular complexity index is 694. The van der Waals surface area contributed by atoms with Crippen LogP contribution >= 0.6 is 11.8 Å². The van der Waals surface area contributed by atoms with Crippen LogP contribution in [0.25, 0.3) is 11.1 Å². The molecule has 3 rings (SSSR count). The molecule has 0 aliphatic rings. The molecule has 0 bridgehead atoms. The Morgan fingerprint density at radius 3 is 2.84 bits per heavy atom. The van der Waals surface area contributed by atoms with Crippen LogP contribution in [0.4, 0.5) is 11.8 Å². The van der Waals surface area contributed by atoms with E-state index < -0.39 is 0 Å². The van der Waals surface area contributed by atoms with Crippen LogP contribution < -0.4 is 11.1 Å². The first-order valence-corrected chi connectivity index (χ1v) is 6.42. The zero-order valence-electron chi connectivity index (χ0n) is 10.1. The van der Waals surface area contributed by atoms with E-state index in [9.17, 15) is 0 Å². The highest BCUT2D eigenvalue weighted by Crippen LogP contribution is 2.29. The lowest BCUT2D eigenvalue weighted by Crippen LogP contribution is -2.00. The summed E-state index contributed by atoms with van der Waals surface area (Å²) in [7, 11) is 1.77. The van der Waals surface area contributed by atoms with Gasteiger partial charge in [0, 0.05) is 13.1 Å². The molecular weight excluding hydrogens is 262 g/mol. The maximum atomic E-state index is 5.64. The molecule has 6 nitrogen and oxygen atoms in total. The predicted octanol–water partition coefficient (Wildman–Crippen LogP) is 2.39. The maximum Gasteiger partial charge on any atom is 0.263 e. The van der Waals surface area contributed by atoms with Crippen molar-refractivity contribution in [1.82, 2.24) is 15.0 Å². The van der Waals surface area contributed by atoms with Crippen LogP contribution in [0.15, 0.2) is 45.0 Å². The van der Waals surface area contributed by atoms with Crippen LogP contribution in [0.5, 0.6) is 0 Å². The summed E-state index contributed by atoms with van der Waals surface area (Å²) in [6.07, 6.45) is 0. The minimum Gasteiger partial charge on any atom is -0.431 e. The molecule has 7 heteroatoms. The van der Waals surface area contributed by atoms with Crippen LogP contribution in [-0.2, 0) is 0 Å². The SMILES string of the molecule is CNc1cc(Sc2nc3ccccc3o2)nc(N)n1. The number of nitrogens with two attached hydrogens (primary N) is 1. The summed E-state index contributed by atoms with van der Waals surface area (Å²) in [5, 5.41) is 4.14. The number of para-hydroxylation sites is 2. The van der Waals surface area contributed by atoms with Gasteiger partial charge in [-0.25, -0.2) is 9.97 Å². The summed E-state index contributed by atoms with van der Waals surface area (Å²) < 4.78 is 5.62. The van der Waals surface area contributed by atoms with Crippen LogP contribution in [0.3, 0.4) is 0 Å². The number of fused-ring (bicyclic) bond motifs is 1. The lowest BCUT2D eigenvalue weighted by Gasteiger charge is -2.02. The minimum atomic E-state index is 0.213. The Kier molecular flexibility index (Phi) is 2.96. The third-order valence-electron chi connectivity index (χ3n) is 2.44. The van der Waals surface area contributed by atoms with E-state index in [1.807, 2.05) is 24.3 Å². The molecule has 3 N–H and O–H groups in total. The summed E-state index contributed by atoms with van der Waals surface area (Å²) in [5.41, 5.74) is 7.21. The Morgan fingerprint density at radius 1 is 1.21 bits per heavy atom. The molecule has 1 aromatic carbocycles. The van der Waals surface area contributed by atoms with Crippen molar-refractivity contribution < 1.29 is 4.42 Å². The standard InChI is InChI=1S/C12H11N5OS/c1-14-9-6-10(17-11(13)16-9)19-12-15-7-4-2-3-5-8(7)18-12/h2-6H,1H3,(H3,13,14,16,17). The van der Waals surface area contributed by atoms with Crippen LogP contribution in [0.2, 0.25) is 0 Å². The van der Waals surface area contributed by atoms with Crippen LogP contribution in [0.1, 0.15) is 0 Å². The average molecular weight is 273 g/mol. The van der Waals surface area contributed by atoms with Crippen LogP contribution in [-0.4, -0.2) is 22.0 Å². The summed E-state index contributed by atoms with van der Waals surface area (Å²) in [6.45, 7) is 0. The largest absolute Gasteiger partial charge is 0.431 e. The second kappa shape index (κ2) is 4.77. The number of oxazole rings is 1. The van der Waals surface area contributed by atoms with Crippen molar-refractivity contribution in [2.24, 2.45) is 0 Å². The number of nitrogens with zero attached hydrogens (tertiary/aromatic N) is 3. The number of rotatable bonds is 3. The van der Waals surface area contributed by atoms with Gasteiger partial charge in [-0.1, -0.05) is 12.1 Å². The first-order valence-electron chi connectivity index (χ1n) is 5.60. The third kappa shape index (κ3) is 2.45. The Balaban J connectivity index is 1.94. The van der Waals surface area contributed by atoms with E-state index in [1.54, 1.807) is 13.1 Å². The molecule has 0 radical (unpaired) electrons. The van der Waals surface area contributed by atoms with Gasteiger partial charge in [0.2, 0.25) is 5.95 Å². The van der Waals surface area contributed by atoms with Gasteiger partial charge in [-0.2, -0.15) is 4.98 Å². The van der Waals surface area contributed by atoms with E-state index in [0.717, 1.165) is 11.1 Å². The third-order valence-corrected chi connectivity index (χ3v) is 3.21.